The molecule has 2 heterocycles. The number of carbonyl (C=O) groups excluding carboxylic acids is 1. The Bertz CT molecular complexity index is 424. The molecule has 0 radical (unpaired) electrons. The Kier molecular flexibility index (Phi) is 2.18. The maximum absolute atomic E-state index is 11.1. The van der Waals surface area contributed by atoms with Crippen molar-refractivity contribution >= 4 is 11.9 Å². The van der Waals surface area contributed by atoms with Crippen molar-refractivity contribution in [3.8, 4) is 0 Å². The SMILES string of the molecule is CC(=O)N1CCc2noc(C(=O)O)c2C1. The second kappa shape index (κ2) is 3.38. The summed E-state index contributed by atoms with van der Waals surface area (Å²) in [6, 6.07) is 0. The van der Waals surface area contributed by atoms with E-state index in [1.807, 2.05) is 0 Å². The molecule has 80 valence electrons. The molecule has 0 unspecified atom stereocenters. The number of hydrogen-bond donors (Lipinski definition) is 1. The number of aromatic nitrogens is 1. The number of amides is 1. The Morgan fingerprint density at radius 1 is 1.53 bits per heavy atom. The fourth-order valence-electron chi connectivity index (χ4n) is 1.65. The van der Waals surface area contributed by atoms with Gasteiger partial charge >= 0.3 is 5.97 Å². The van der Waals surface area contributed by atoms with Crippen molar-refractivity contribution in [2.75, 3.05) is 6.54 Å². The van der Waals surface area contributed by atoms with Gasteiger partial charge in [-0.15, -0.1) is 0 Å². The summed E-state index contributed by atoms with van der Waals surface area (Å²) in [7, 11) is 0. The van der Waals surface area contributed by atoms with Crippen LogP contribution in [-0.2, 0) is 17.8 Å². The summed E-state index contributed by atoms with van der Waals surface area (Å²) in [5, 5.41) is 12.5. The van der Waals surface area contributed by atoms with Gasteiger partial charge in [0.15, 0.2) is 0 Å². The van der Waals surface area contributed by atoms with E-state index in [1.54, 1.807) is 4.90 Å². The van der Waals surface area contributed by atoms with Gasteiger partial charge in [-0.05, 0) is 0 Å². The summed E-state index contributed by atoms with van der Waals surface area (Å²) in [5.41, 5.74) is 1.16. The first-order valence-corrected chi connectivity index (χ1v) is 4.56. The predicted molar refractivity (Wildman–Crippen MR) is 48.3 cm³/mol. The van der Waals surface area contributed by atoms with Gasteiger partial charge in [-0.3, -0.25) is 4.79 Å². The quantitative estimate of drug-likeness (QED) is 0.719. The van der Waals surface area contributed by atoms with Gasteiger partial charge in [0.2, 0.25) is 11.7 Å². The monoisotopic (exact) mass is 210 g/mol. The fraction of sp³-hybridized carbons (Fsp3) is 0.444. The van der Waals surface area contributed by atoms with E-state index < -0.39 is 5.97 Å². The molecule has 1 aliphatic rings. The van der Waals surface area contributed by atoms with Gasteiger partial charge in [-0.25, -0.2) is 4.79 Å². The third kappa shape index (κ3) is 1.58. The van der Waals surface area contributed by atoms with E-state index in [0.717, 1.165) is 0 Å². The maximum atomic E-state index is 11.1. The largest absolute Gasteiger partial charge is 0.475 e. The molecule has 2 rings (SSSR count). The van der Waals surface area contributed by atoms with Gasteiger partial charge < -0.3 is 14.5 Å². The highest BCUT2D eigenvalue weighted by molar-refractivity contribution is 5.86. The summed E-state index contributed by atoms with van der Waals surface area (Å²) in [4.78, 5) is 23.5. The van der Waals surface area contributed by atoms with E-state index in [9.17, 15) is 9.59 Å². The second-order valence-electron chi connectivity index (χ2n) is 3.43. The molecule has 1 aromatic rings. The highest BCUT2D eigenvalue weighted by Crippen LogP contribution is 2.22. The van der Waals surface area contributed by atoms with E-state index in [0.29, 0.717) is 24.2 Å². The zero-order valence-electron chi connectivity index (χ0n) is 8.19. The van der Waals surface area contributed by atoms with Crippen LogP contribution in [0.4, 0.5) is 0 Å². The lowest BCUT2D eigenvalue weighted by Crippen LogP contribution is -2.34. The van der Waals surface area contributed by atoms with E-state index in [-0.39, 0.29) is 18.2 Å². The minimum Gasteiger partial charge on any atom is -0.475 e. The third-order valence-corrected chi connectivity index (χ3v) is 2.48. The van der Waals surface area contributed by atoms with E-state index >= 15 is 0 Å². The Balaban J connectivity index is 2.34. The zero-order chi connectivity index (χ0) is 11.0. The molecule has 1 amide bonds. The van der Waals surface area contributed by atoms with Gasteiger partial charge in [-0.2, -0.15) is 0 Å². The van der Waals surface area contributed by atoms with Crippen molar-refractivity contribution in [1.29, 1.82) is 0 Å². The first-order chi connectivity index (χ1) is 7.09. The Labute approximate surface area is 85.5 Å². The van der Waals surface area contributed by atoms with Crippen molar-refractivity contribution in [2.45, 2.75) is 19.9 Å². The van der Waals surface area contributed by atoms with Crippen molar-refractivity contribution in [1.82, 2.24) is 10.1 Å². The van der Waals surface area contributed by atoms with Crippen LogP contribution in [0.1, 0.15) is 28.7 Å². The van der Waals surface area contributed by atoms with Crippen LogP contribution in [0.25, 0.3) is 0 Å². The van der Waals surface area contributed by atoms with Crippen LogP contribution in [0.2, 0.25) is 0 Å². The van der Waals surface area contributed by atoms with Crippen molar-refractivity contribution in [2.24, 2.45) is 0 Å². The fourth-order valence-corrected chi connectivity index (χ4v) is 1.65. The molecule has 0 saturated heterocycles. The number of hydrogen-bond acceptors (Lipinski definition) is 4. The number of nitrogens with zero attached hydrogens (tertiary/aromatic N) is 2. The van der Waals surface area contributed by atoms with Gasteiger partial charge in [0.25, 0.3) is 0 Å². The van der Waals surface area contributed by atoms with Gasteiger partial charge in [0, 0.05) is 25.5 Å². The summed E-state index contributed by atoms with van der Waals surface area (Å²) < 4.78 is 4.72. The Morgan fingerprint density at radius 2 is 2.27 bits per heavy atom. The number of rotatable bonds is 1. The summed E-state index contributed by atoms with van der Waals surface area (Å²) in [6.07, 6.45) is 0.547. The molecule has 1 aromatic heterocycles. The third-order valence-electron chi connectivity index (χ3n) is 2.48. The molecular formula is C9H10N2O4. The van der Waals surface area contributed by atoms with Gasteiger partial charge in [0.05, 0.1) is 12.2 Å². The van der Waals surface area contributed by atoms with Crippen molar-refractivity contribution in [3.05, 3.63) is 17.0 Å². The standard InChI is InChI=1S/C9H10N2O4/c1-5(12)11-3-2-7-6(4-11)8(9(13)14)15-10-7/h2-4H2,1H3,(H,13,14). The minimum absolute atomic E-state index is 0.0711. The summed E-state index contributed by atoms with van der Waals surface area (Å²) >= 11 is 0. The number of carboxylic acid groups (broad SMARTS) is 1. The van der Waals surface area contributed by atoms with E-state index in [4.69, 9.17) is 9.63 Å². The van der Waals surface area contributed by atoms with Crippen molar-refractivity contribution < 1.29 is 19.2 Å². The Hall–Kier alpha value is -1.85. The molecule has 15 heavy (non-hydrogen) atoms. The second-order valence-corrected chi connectivity index (χ2v) is 3.43. The van der Waals surface area contributed by atoms with Crippen LogP contribution in [0.3, 0.4) is 0 Å². The first-order valence-electron chi connectivity index (χ1n) is 4.56. The smallest absolute Gasteiger partial charge is 0.375 e. The molecule has 1 aliphatic heterocycles. The molecule has 0 aliphatic carbocycles. The molecule has 0 aromatic carbocycles. The molecule has 1 N–H and O–H groups in total. The van der Waals surface area contributed by atoms with E-state index in [1.165, 1.54) is 6.92 Å². The number of carbonyl (C=O) groups is 2. The van der Waals surface area contributed by atoms with Crippen LogP contribution in [0.5, 0.6) is 0 Å². The molecule has 0 saturated carbocycles. The van der Waals surface area contributed by atoms with Crippen LogP contribution in [0, 0.1) is 0 Å². The normalized spacial score (nSPS) is 14.9. The number of aromatic carboxylic acids is 1. The average Bonchev–Trinajstić information content (AvgIpc) is 2.59. The molecule has 0 bridgehead atoms. The molecule has 6 nitrogen and oxygen atoms in total. The topological polar surface area (TPSA) is 83.6 Å². The summed E-state index contributed by atoms with van der Waals surface area (Å²) in [6.45, 7) is 2.29. The number of carboxylic acids is 1. The van der Waals surface area contributed by atoms with Crippen LogP contribution in [-0.4, -0.2) is 33.6 Å². The van der Waals surface area contributed by atoms with Crippen LogP contribution < -0.4 is 0 Å². The van der Waals surface area contributed by atoms with Crippen LogP contribution >= 0.6 is 0 Å². The van der Waals surface area contributed by atoms with E-state index in [2.05, 4.69) is 5.16 Å². The van der Waals surface area contributed by atoms with Gasteiger partial charge in [-0.1, -0.05) is 5.16 Å². The highest BCUT2D eigenvalue weighted by atomic mass is 16.5. The van der Waals surface area contributed by atoms with Crippen LogP contribution in [0.15, 0.2) is 4.52 Å². The molecule has 6 heteroatoms. The highest BCUT2D eigenvalue weighted by Gasteiger charge is 2.28. The molecule has 0 spiro atoms. The molecule has 0 fully saturated rings. The van der Waals surface area contributed by atoms with Gasteiger partial charge in [0.1, 0.15) is 0 Å². The lowest BCUT2D eigenvalue weighted by atomic mass is 10.1. The lowest BCUT2D eigenvalue weighted by molar-refractivity contribution is -0.129. The predicted octanol–water partition coefficient (Wildman–Crippen LogP) is 0.277. The summed E-state index contributed by atoms with van der Waals surface area (Å²) in [5.74, 6) is -1.37. The maximum Gasteiger partial charge on any atom is 0.375 e. The minimum atomic E-state index is -1.14. The zero-order valence-corrected chi connectivity index (χ0v) is 8.19. The first kappa shape index (κ1) is 9.70. The molecule has 0 atom stereocenters. The number of fused-ring (bicyclic) bond motifs is 1. The average molecular weight is 210 g/mol. The van der Waals surface area contributed by atoms with Crippen molar-refractivity contribution in [3.63, 3.8) is 0 Å². The molecular weight excluding hydrogens is 200 g/mol. The lowest BCUT2D eigenvalue weighted by Gasteiger charge is -2.24. The Morgan fingerprint density at radius 3 is 2.87 bits per heavy atom.